The first-order valence-electron chi connectivity index (χ1n) is 14.5. The van der Waals surface area contributed by atoms with Gasteiger partial charge in [-0.05, 0) is 104 Å². The molecule has 8 heteroatoms. The van der Waals surface area contributed by atoms with E-state index < -0.39 is 6.09 Å². The van der Waals surface area contributed by atoms with Crippen molar-refractivity contribution in [1.29, 1.82) is 0 Å². The lowest BCUT2D eigenvalue weighted by atomic mass is 9.92. The summed E-state index contributed by atoms with van der Waals surface area (Å²) in [4.78, 5) is 24.6. The Hall–Kier alpha value is -4.46. The second-order valence-electron chi connectivity index (χ2n) is 10.6. The molecule has 0 saturated carbocycles. The molecule has 7 nitrogen and oxygen atoms in total. The standard InChI is InChI=1S/C33H34FN5O2/c34-24-13-16-27-30(21-24)38-28-10-4-3-9-26(28)31(27)35-17-5-1-2-6-18-37-33(40)41-25-14-11-22(12-15-25)29-20-23-8-7-19-36-32(23)39-29/h7-8,11-16,19-21H,1-6,9-10,17-18H2,(H,35,38)(H,36,39)(H,37,40). The minimum absolute atomic E-state index is 0.249. The van der Waals surface area contributed by atoms with Crippen LogP contribution in [0.5, 0.6) is 5.75 Å². The van der Waals surface area contributed by atoms with Gasteiger partial charge in [-0.3, -0.25) is 4.98 Å². The maximum atomic E-state index is 13.8. The summed E-state index contributed by atoms with van der Waals surface area (Å²) in [5, 5.41) is 8.53. The molecule has 0 unspecified atom stereocenters. The summed E-state index contributed by atoms with van der Waals surface area (Å²) < 4.78 is 19.3. The number of aryl methyl sites for hydroxylation is 1. The molecule has 0 atom stereocenters. The minimum atomic E-state index is -0.444. The molecule has 0 radical (unpaired) electrons. The third-order valence-electron chi connectivity index (χ3n) is 7.67. The molecule has 3 aromatic heterocycles. The number of nitrogens with zero attached hydrogens (tertiary/aromatic N) is 2. The number of aromatic amines is 1. The molecule has 6 rings (SSSR count). The van der Waals surface area contributed by atoms with Crippen LogP contribution in [0, 0.1) is 5.82 Å². The normalized spacial score (nSPS) is 12.8. The second-order valence-corrected chi connectivity index (χ2v) is 10.6. The van der Waals surface area contributed by atoms with Crippen LogP contribution in [0.25, 0.3) is 33.2 Å². The van der Waals surface area contributed by atoms with Crippen molar-refractivity contribution < 1.29 is 13.9 Å². The van der Waals surface area contributed by atoms with E-state index >= 15 is 0 Å². The highest BCUT2D eigenvalue weighted by molar-refractivity contribution is 5.93. The van der Waals surface area contributed by atoms with Crippen LogP contribution in [-0.2, 0) is 12.8 Å². The molecule has 210 valence electrons. The predicted octanol–water partition coefficient (Wildman–Crippen LogP) is 7.56. The van der Waals surface area contributed by atoms with Crippen LogP contribution in [0.15, 0.2) is 66.9 Å². The Balaban J connectivity index is 0.912. The quantitative estimate of drug-likeness (QED) is 0.156. The number of anilines is 1. The second kappa shape index (κ2) is 12.4. The van der Waals surface area contributed by atoms with E-state index in [9.17, 15) is 9.18 Å². The zero-order valence-electron chi connectivity index (χ0n) is 23.0. The number of carbonyl (C=O) groups excluding carboxylic acids is 1. The number of fused-ring (bicyclic) bond motifs is 3. The number of carbonyl (C=O) groups is 1. The molecule has 3 heterocycles. The number of rotatable bonds is 10. The summed E-state index contributed by atoms with van der Waals surface area (Å²) >= 11 is 0. The fourth-order valence-electron chi connectivity index (χ4n) is 5.57. The van der Waals surface area contributed by atoms with Crippen molar-refractivity contribution in [3.63, 3.8) is 0 Å². The van der Waals surface area contributed by atoms with Crippen LogP contribution in [0.1, 0.15) is 49.8 Å². The lowest BCUT2D eigenvalue weighted by Gasteiger charge is -2.21. The van der Waals surface area contributed by atoms with Crippen LogP contribution >= 0.6 is 0 Å². The molecule has 1 aliphatic rings. The monoisotopic (exact) mass is 551 g/mol. The Morgan fingerprint density at radius 1 is 0.951 bits per heavy atom. The molecule has 0 saturated heterocycles. The topological polar surface area (TPSA) is 91.9 Å². The molecular weight excluding hydrogens is 517 g/mol. The van der Waals surface area contributed by atoms with Crippen molar-refractivity contribution in [2.45, 2.75) is 51.4 Å². The molecule has 2 aromatic carbocycles. The van der Waals surface area contributed by atoms with Gasteiger partial charge in [-0.15, -0.1) is 0 Å². The highest BCUT2D eigenvalue weighted by Crippen LogP contribution is 2.33. The lowest BCUT2D eigenvalue weighted by Crippen LogP contribution is -2.27. The molecule has 0 fully saturated rings. The zero-order valence-corrected chi connectivity index (χ0v) is 23.0. The van der Waals surface area contributed by atoms with Crippen LogP contribution < -0.4 is 15.4 Å². The number of halogens is 1. The van der Waals surface area contributed by atoms with Crippen molar-refractivity contribution >= 4 is 33.7 Å². The van der Waals surface area contributed by atoms with Gasteiger partial charge in [0.05, 0.1) is 5.52 Å². The summed E-state index contributed by atoms with van der Waals surface area (Å²) in [6.07, 6.45) is 9.56. The van der Waals surface area contributed by atoms with Crippen LogP contribution in [0.2, 0.25) is 0 Å². The van der Waals surface area contributed by atoms with Crippen LogP contribution in [-0.4, -0.2) is 34.1 Å². The first kappa shape index (κ1) is 26.7. The third-order valence-corrected chi connectivity index (χ3v) is 7.67. The number of aromatic nitrogens is 3. The maximum absolute atomic E-state index is 13.8. The van der Waals surface area contributed by atoms with Gasteiger partial charge in [-0.1, -0.05) is 12.8 Å². The van der Waals surface area contributed by atoms with Gasteiger partial charge in [0.25, 0.3) is 0 Å². The fourth-order valence-corrected chi connectivity index (χ4v) is 5.57. The van der Waals surface area contributed by atoms with Gasteiger partial charge >= 0.3 is 6.09 Å². The number of H-pyrrole nitrogens is 1. The Morgan fingerprint density at radius 3 is 2.63 bits per heavy atom. The van der Waals surface area contributed by atoms with Crippen molar-refractivity contribution in [3.8, 4) is 17.0 Å². The molecule has 0 spiro atoms. The van der Waals surface area contributed by atoms with Crippen molar-refractivity contribution in [1.82, 2.24) is 20.3 Å². The number of nitrogens with one attached hydrogen (secondary N) is 3. The molecule has 1 amide bonds. The first-order chi connectivity index (χ1) is 20.1. The Morgan fingerprint density at radius 2 is 1.78 bits per heavy atom. The van der Waals surface area contributed by atoms with E-state index in [1.807, 2.05) is 30.3 Å². The number of amides is 1. The van der Waals surface area contributed by atoms with Crippen molar-refractivity contribution in [2.24, 2.45) is 0 Å². The van der Waals surface area contributed by atoms with Gasteiger partial charge in [0, 0.05) is 53.2 Å². The van der Waals surface area contributed by atoms with Gasteiger partial charge in [0.2, 0.25) is 0 Å². The maximum Gasteiger partial charge on any atom is 0.412 e. The molecule has 3 N–H and O–H groups in total. The molecular formula is C33H34FN5O2. The smallest absolute Gasteiger partial charge is 0.410 e. The molecule has 0 bridgehead atoms. The number of pyridine rings is 2. The Bertz CT molecular complexity index is 1630. The number of hydrogen-bond donors (Lipinski definition) is 3. The average Bonchev–Trinajstić information content (AvgIpc) is 3.43. The summed E-state index contributed by atoms with van der Waals surface area (Å²) in [5.74, 6) is 0.251. The van der Waals surface area contributed by atoms with Gasteiger partial charge < -0.3 is 20.4 Å². The minimum Gasteiger partial charge on any atom is -0.410 e. The summed E-state index contributed by atoms with van der Waals surface area (Å²) in [6.45, 7) is 1.42. The molecule has 41 heavy (non-hydrogen) atoms. The Kier molecular flexibility index (Phi) is 8.07. The average molecular weight is 552 g/mol. The molecule has 0 aliphatic heterocycles. The highest BCUT2D eigenvalue weighted by atomic mass is 19.1. The molecule has 1 aliphatic carbocycles. The SMILES string of the molecule is O=C(NCCCCCCNc1c2c(nc3cc(F)ccc13)CCCC2)Oc1ccc(-c2cc3cccnc3[nH]2)cc1. The van der Waals surface area contributed by atoms with Gasteiger partial charge in [0.1, 0.15) is 17.2 Å². The molecule has 5 aromatic rings. The predicted molar refractivity (Wildman–Crippen MR) is 161 cm³/mol. The van der Waals surface area contributed by atoms with Crippen molar-refractivity contribution in [2.75, 3.05) is 18.4 Å². The summed E-state index contributed by atoms with van der Waals surface area (Å²) in [7, 11) is 0. The number of hydrogen-bond acceptors (Lipinski definition) is 5. The number of ether oxygens (including phenoxy) is 1. The van der Waals surface area contributed by atoms with Crippen molar-refractivity contribution in [3.05, 3.63) is 83.9 Å². The third kappa shape index (κ3) is 6.32. The largest absolute Gasteiger partial charge is 0.412 e. The van der Waals surface area contributed by atoms with E-state index in [0.717, 1.165) is 96.1 Å². The van der Waals surface area contributed by atoms with Gasteiger partial charge in [-0.25, -0.2) is 14.2 Å². The summed E-state index contributed by atoms with van der Waals surface area (Å²) in [6, 6.07) is 18.3. The van der Waals surface area contributed by atoms with Gasteiger partial charge in [-0.2, -0.15) is 0 Å². The van der Waals surface area contributed by atoms with Crippen LogP contribution in [0.4, 0.5) is 14.9 Å². The van der Waals surface area contributed by atoms with E-state index in [2.05, 4.69) is 26.7 Å². The Labute approximate surface area is 238 Å². The number of benzene rings is 2. The zero-order chi connectivity index (χ0) is 28.0. The van der Waals surface area contributed by atoms with E-state index in [-0.39, 0.29) is 5.82 Å². The van der Waals surface area contributed by atoms with E-state index in [1.54, 1.807) is 18.3 Å². The van der Waals surface area contributed by atoms with E-state index in [1.165, 1.54) is 24.1 Å². The fraction of sp³-hybridized carbons (Fsp3) is 0.303. The van der Waals surface area contributed by atoms with Crippen LogP contribution in [0.3, 0.4) is 0 Å². The number of unbranched alkanes of at least 4 members (excludes halogenated alkanes) is 3. The van der Waals surface area contributed by atoms with E-state index in [0.29, 0.717) is 12.3 Å². The first-order valence-corrected chi connectivity index (χ1v) is 14.5. The van der Waals surface area contributed by atoms with E-state index in [4.69, 9.17) is 9.72 Å². The summed E-state index contributed by atoms with van der Waals surface area (Å²) in [5.41, 5.74) is 7.07. The lowest BCUT2D eigenvalue weighted by molar-refractivity contribution is 0.200. The highest BCUT2D eigenvalue weighted by Gasteiger charge is 2.18. The van der Waals surface area contributed by atoms with Gasteiger partial charge in [0.15, 0.2) is 0 Å².